The van der Waals surface area contributed by atoms with Crippen molar-refractivity contribution >= 4 is 29.5 Å². The molecule has 0 saturated carbocycles. The van der Waals surface area contributed by atoms with Crippen LogP contribution in [0.1, 0.15) is 16.7 Å². The SMILES string of the molecule is Cc1ccc(C[C@H](NC(=O)C2OC2C(=O)NCC(N)=O)C(=O)N[C@@H](Cc2ccc(O)cc2)C(N)=O)cc1. The third-order valence-corrected chi connectivity index (χ3v) is 5.67. The van der Waals surface area contributed by atoms with Crippen molar-refractivity contribution in [3.05, 3.63) is 65.2 Å². The second-order valence-electron chi connectivity index (χ2n) is 8.75. The smallest absolute Gasteiger partial charge is 0.253 e. The highest BCUT2D eigenvalue weighted by atomic mass is 16.6. The number of amides is 5. The largest absolute Gasteiger partial charge is 0.508 e. The zero-order chi connectivity index (χ0) is 27.1. The molecule has 0 aliphatic carbocycles. The molecule has 12 heteroatoms. The number of hydrogen-bond acceptors (Lipinski definition) is 7. The Labute approximate surface area is 212 Å². The van der Waals surface area contributed by atoms with Crippen molar-refractivity contribution < 1.29 is 33.8 Å². The summed E-state index contributed by atoms with van der Waals surface area (Å²) in [6.07, 6.45) is -2.10. The van der Waals surface area contributed by atoms with Gasteiger partial charge in [0.1, 0.15) is 17.8 Å². The first-order chi connectivity index (χ1) is 17.5. The number of phenolic OH excluding ortho intramolecular Hbond substituents is 1. The molecule has 1 aliphatic rings. The molecule has 0 bridgehead atoms. The number of aromatic hydroxyl groups is 1. The number of ether oxygens (including phenoxy) is 1. The summed E-state index contributed by atoms with van der Waals surface area (Å²) >= 11 is 0. The molecule has 12 nitrogen and oxygen atoms in total. The van der Waals surface area contributed by atoms with Crippen molar-refractivity contribution in [3.63, 3.8) is 0 Å². The van der Waals surface area contributed by atoms with Crippen molar-refractivity contribution in [1.29, 1.82) is 0 Å². The van der Waals surface area contributed by atoms with Crippen LogP contribution in [-0.2, 0) is 41.6 Å². The zero-order valence-electron chi connectivity index (χ0n) is 20.1. The highest BCUT2D eigenvalue weighted by Crippen LogP contribution is 2.22. The molecule has 1 saturated heterocycles. The van der Waals surface area contributed by atoms with Crippen molar-refractivity contribution in [2.75, 3.05) is 6.54 Å². The number of rotatable bonds is 12. The molecular weight excluding hydrogens is 482 g/mol. The van der Waals surface area contributed by atoms with Gasteiger partial charge in [-0.2, -0.15) is 0 Å². The number of nitrogens with two attached hydrogens (primary N) is 2. The Balaban J connectivity index is 1.70. The molecule has 1 fully saturated rings. The summed E-state index contributed by atoms with van der Waals surface area (Å²) in [4.78, 5) is 60.9. The average Bonchev–Trinajstić information content (AvgIpc) is 3.65. The predicted molar refractivity (Wildman–Crippen MR) is 131 cm³/mol. The van der Waals surface area contributed by atoms with E-state index in [2.05, 4.69) is 16.0 Å². The Bertz CT molecular complexity index is 1170. The van der Waals surface area contributed by atoms with E-state index in [1.807, 2.05) is 19.1 Å². The Morgan fingerprint density at radius 2 is 1.38 bits per heavy atom. The number of benzene rings is 2. The van der Waals surface area contributed by atoms with Crippen LogP contribution in [0.2, 0.25) is 0 Å². The minimum absolute atomic E-state index is 0.0493. The molecule has 2 unspecified atom stereocenters. The molecule has 196 valence electrons. The zero-order valence-corrected chi connectivity index (χ0v) is 20.1. The molecular formula is C25H29N5O7. The van der Waals surface area contributed by atoms with Crippen LogP contribution in [-0.4, -0.2) is 65.5 Å². The maximum atomic E-state index is 13.2. The third kappa shape index (κ3) is 8.04. The minimum atomic E-state index is -1.15. The van der Waals surface area contributed by atoms with Crippen LogP contribution in [0.15, 0.2) is 48.5 Å². The molecule has 5 amide bonds. The number of hydrogen-bond donors (Lipinski definition) is 6. The van der Waals surface area contributed by atoms with E-state index in [9.17, 15) is 29.1 Å². The molecule has 0 spiro atoms. The standard InChI is InChI=1S/C25H29N5O7/c1-13-2-4-14(5-3-13)11-18(30-25(36)21-20(37-21)24(35)28-12-19(26)32)23(34)29-17(22(27)33)10-15-6-8-16(31)9-7-15/h2-9,17-18,20-21,31H,10-12H2,1H3,(H2,26,32)(H2,27,33)(H,28,35)(H,29,34)(H,30,36)/t17-,18-,20?,21?/m0/s1. The predicted octanol–water partition coefficient (Wildman–Crippen LogP) is -1.69. The van der Waals surface area contributed by atoms with Crippen LogP contribution in [0, 0.1) is 6.92 Å². The summed E-state index contributed by atoms with van der Waals surface area (Å²) in [7, 11) is 0. The Kier molecular flexibility index (Phi) is 8.80. The second-order valence-corrected chi connectivity index (χ2v) is 8.75. The summed E-state index contributed by atoms with van der Waals surface area (Å²) in [6.45, 7) is 1.51. The molecule has 0 radical (unpaired) electrons. The van der Waals surface area contributed by atoms with Crippen LogP contribution in [0.3, 0.4) is 0 Å². The van der Waals surface area contributed by atoms with Gasteiger partial charge < -0.3 is 37.3 Å². The van der Waals surface area contributed by atoms with E-state index in [-0.39, 0.29) is 18.6 Å². The fourth-order valence-corrected chi connectivity index (χ4v) is 3.57. The lowest BCUT2D eigenvalue weighted by Crippen LogP contribution is -2.55. The monoisotopic (exact) mass is 511 g/mol. The van der Waals surface area contributed by atoms with Crippen molar-refractivity contribution in [1.82, 2.24) is 16.0 Å². The molecule has 3 rings (SSSR count). The van der Waals surface area contributed by atoms with Gasteiger partial charge in [0.25, 0.3) is 11.8 Å². The van der Waals surface area contributed by atoms with Gasteiger partial charge in [-0.25, -0.2) is 0 Å². The van der Waals surface area contributed by atoms with Gasteiger partial charge in [0.05, 0.1) is 6.54 Å². The van der Waals surface area contributed by atoms with Gasteiger partial charge in [0, 0.05) is 12.8 Å². The van der Waals surface area contributed by atoms with Gasteiger partial charge >= 0.3 is 0 Å². The van der Waals surface area contributed by atoms with E-state index in [0.717, 1.165) is 11.1 Å². The maximum absolute atomic E-state index is 13.2. The molecule has 1 heterocycles. The first-order valence-electron chi connectivity index (χ1n) is 11.5. The Morgan fingerprint density at radius 3 is 1.95 bits per heavy atom. The van der Waals surface area contributed by atoms with Crippen LogP contribution >= 0.6 is 0 Å². The fourth-order valence-electron chi connectivity index (χ4n) is 3.57. The fraction of sp³-hybridized carbons (Fsp3) is 0.320. The number of aryl methyl sites for hydroxylation is 1. The van der Waals surface area contributed by atoms with E-state index in [4.69, 9.17) is 16.2 Å². The minimum Gasteiger partial charge on any atom is -0.508 e. The lowest BCUT2D eigenvalue weighted by molar-refractivity contribution is -0.131. The first kappa shape index (κ1) is 27.1. The van der Waals surface area contributed by atoms with Crippen LogP contribution in [0.25, 0.3) is 0 Å². The third-order valence-electron chi connectivity index (χ3n) is 5.67. The van der Waals surface area contributed by atoms with Crippen LogP contribution in [0.5, 0.6) is 5.75 Å². The maximum Gasteiger partial charge on any atom is 0.253 e. The van der Waals surface area contributed by atoms with Gasteiger partial charge in [0.15, 0.2) is 12.2 Å². The number of carbonyl (C=O) groups excluding carboxylic acids is 5. The number of primary amides is 2. The van der Waals surface area contributed by atoms with E-state index in [1.165, 1.54) is 12.1 Å². The van der Waals surface area contributed by atoms with E-state index in [0.29, 0.717) is 5.56 Å². The van der Waals surface area contributed by atoms with Crippen molar-refractivity contribution in [3.8, 4) is 5.75 Å². The number of epoxide rings is 1. The molecule has 37 heavy (non-hydrogen) atoms. The molecule has 2 aromatic rings. The summed E-state index contributed by atoms with van der Waals surface area (Å²) in [6, 6.07) is 11.2. The number of phenols is 1. The molecule has 1 aliphatic heterocycles. The quantitative estimate of drug-likeness (QED) is 0.182. The van der Waals surface area contributed by atoms with Crippen molar-refractivity contribution in [2.45, 2.75) is 44.1 Å². The number of carbonyl (C=O) groups is 5. The van der Waals surface area contributed by atoms with Crippen LogP contribution in [0.4, 0.5) is 0 Å². The summed E-state index contributed by atoms with van der Waals surface area (Å²) in [5.74, 6) is -3.53. The van der Waals surface area contributed by atoms with Crippen molar-refractivity contribution in [2.24, 2.45) is 11.5 Å². The highest BCUT2D eigenvalue weighted by molar-refractivity contribution is 5.98. The molecule has 4 atom stereocenters. The van der Waals surface area contributed by atoms with Crippen LogP contribution < -0.4 is 27.4 Å². The Morgan fingerprint density at radius 1 is 0.838 bits per heavy atom. The average molecular weight is 512 g/mol. The van der Waals surface area contributed by atoms with E-state index in [1.54, 1.807) is 24.3 Å². The normalized spacial score (nSPS) is 17.6. The summed E-state index contributed by atoms with van der Waals surface area (Å²) in [5, 5.41) is 16.9. The second kappa shape index (κ2) is 12.0. The van der Waals surface area contributed by atoms with Gasteiger partial charge in [-0.15, -0.1) is 0 Å². The van der Waals surface area contributed by atoms with Gasteiger partial charge in [0.2, 0.25) is 17.7 Å². The topological polar surface area (TPSA) is 206 Å². The molecule has 8 N–H and O–H groups in total. The lowest BCUT2D eigenvalue weighted by Gasteiger charge is -2.22. The summed E-state index contributed by atoms with van der Waals surface area (Å²) < 4.78 is 5.12. The Hall–Kier alpha value is -4.45. The first-order valence-corrected chi connectivity index (χ1v) is 11.5. The molecule has 2 aromatic carbocycles. The highest BCUT2D eigenvalue weighted by Gasteiger charge is 2.51. The van der Waals surface area contributed by atoms with Gasteiger partial charge in [-0.3, -0.25) is 24.0 Å². The van der Waals surface area contributed by atoms with E-state index < -0.39 is 60.4 Å². The lowest BCUT2D eigenvalue weighted by atomic mass is 10.0. The van der Waals surface area contributed by atoms with Gasteiger partial charge in [-0.1, -0.05) is 42.0 Å². The number of nitrogens with one attached hydrogen (secondary N) is 3. The van der Waals surface area contributed by atoms with Gasteiger partial charge in [-0.05, 0) is 30.2 Å². The van der Waals surface area contributed by atoms with E-state index >= 15 is 0 Å². The molecule has 0 aromatic heterocycles. The summed E-state index contributed by atoms with van der Waals surface area (Å²) in [5.41, 5.74) is 12.9.